The van der Waals surface area contributed by atoms with Crippen LogP contribution in [0.2, 0.25) is 0 Å². The standard InChI is InChI=1S/C19H14N4O2/c1-23-10-12(9-21-23)16-6-13(15-4-2-3-5-20-15)14-7-18-19(25-11-24-18)8-17(14)22-16/h2-10H,11H2,1H3. The fraction of sp³-hybridized carbons (Fsp3) is 0.105. The summed E-state index contributed by atoms with van der Waals surface area (Å²) in [5.41, 5.74) is 4.53. The molecule has 6 nitrogen and oxygen atoms in total. The molecule has 1 aromatic carbocycles. The lowest BCUT2D eigenvalue weighted by atomic mass is 10.0. The third-order valence-corrected chi connectivity index (χ3v) is 4.24. The van der Waals surface area contributed by atoms with Crippen molar-refractivity contribution < 1.29 is 9.47 Å². The van der Waals surface area contributed by atoms with Crippen molar-refractivity contribution in [2.75, 3.05) is 6.79 Å². The van der Waals surface area contributed by atoms with Crippen LogP contribution in [0.1, 0.15) is 0 Å². The van der Waals surface area contributed by atoms with E-state index in [2.05, 4.69) is 10.1 Å². The Kier molecular flexibility index (Phi) is 2.97. The molecular formula is C19H14N4O2. The van der Waals surface area contributed by atoms with Gasteiger partial charge in [0.25, 0.3) is 0 Å². The highest BCUT2D eigenvalue weighted by Crippen LogP contribution is 2.39. The molecular weight excluding hydrogens is 316 g/mol. The zero-order chi connectivity index (χ0) is 16.8. The summed E-state index contributed by atoms with van der Waals surface area (Å²) in [7, 11) is 1.89. The van der Waals surface area contributed by atoms with E-state index in [4.69, 9.17) is 14.5 Å². The average Bonchev–Trinajstić information content (AvgIpc) is 3.28. The molecule has 0 fully saturated rings. The van der Waals surface area contributed by atoms with Crippen molar-refractivity contribution in [3.05, 3.63) is 55.0 Å². The highest BCUT2D eigenvalue weighted by molar-refractivity contribution is 5.97. The monoisotopic (exact) mass is 330 g/mol. The van der Waals surface area contributed by atoms with E-state index >= 15 is 0 Å². The Labute approximate surface area is 143 Å². The van der Waals surface area contributed by atoms with Crippen molar-refractivity contribution in [1.29, 1.82) is 0 Å². The van der Waals surface area contributed by atoms with Gasteiger partial charge in [0.05, 0.1) is 23.1 Å². The Balaban J connectivity index is 1.82. The first-order chi connectivity index (χ1) is 12.3. The van der Waals surface area contributed by atoms with Crippen LogP contribution < -0.4 is 9.47 Å². The lowest BCUT2D eigenvalue weighted by molar-refractivity contribution is 0.174. The minimum absolute atomic E-state index is 0.236. The number of benzene rings is 1. The predicted octanol–water partition coefficient (Wildman–Crippen LogP) is 3.43. The molecule has 0 spiro atoms. The minimum atomic E-state index is 0.236. The first kappa shape index (κ1) is 14.0. The van der Waals surface area contributed by atoms with Crippen LogP contribution in [0.5, 0.6) is 11.5 Å². The molecule has 6 heteroatoms. The highest BCUT2D eigenvalue weighted by Gasteiger charge is 2.18. The van der Waals surface area contributed by atoms with Gasteiger partial charge in [0, 0.05) is 42.0 Å². The maximum Gasteiger partial charge on any atom is 0.231 e. The normalized spacial score (nSPS) is 12.7. The SMILES string of the molecule is Cn1cc(-c2cc(-c3ccccn3)c3cc4c(cc3n2)OCO4)cn1. The molecule has 122 valence electrons. The van der Waals surface area contributed by atoms with Gasteiger partial charge >= 0.3 is 0 Å². The number of hydrogen-bond donors (Lipinski definition) is 0. The van der Waals surface area contributed by atoms with Crippen molar-refractivity contribution in [3.8, 4) is 34.0 Å². The van der Waals surface area contributed by atoms with E-state index in [1.165, 1.54) is 0 Å². The second kappa shape index (κ2) is 5.31. The van der Waals surface area contributed by atoms with E-state index in [0.29, 0.717) is 0 Å². The molecule has 0 bridgehead atoms. The van der Waals surface area contributed by atoms with Crippen molar-refractivity contribution in [1.82, 2.24) is 19.7 Å². The van der Waals surface area contributed by atoms with E-state index in [0.717, 1.165) is 44.9 Å². The quantitative estimate of drug-likeness (QED) is 0.563. The highest BCUT2D eigenvalue weighted by atomic mass is 16.7. The van der Waals surface area contributed by atoms with Crippen molar-refractivity contribution in [2.24, 2.45) is 7.05 Å². The van der Waals surface area contributed by atoms with Crippen LogP contribution in [0, 0.1) is 0 Å². The van der Waals surface area contributed by atoms with Crippen LogP contribution in [0.25, 0.3) is 33.4 Å². The third-order valence-electron chi connectivity index (χ3n) is 4.24. The maximum absolute atomic E-state index is 5.53. The van der Waals surface area contributed by atoms with E-state index < -0.39 is 0 Å². The Morgan fingerprint density at radius 2 is 1.92 bits per heavy atom. The summed E-state index contributed by atoms with van der Waals surface area (Å²) in [6, 6.07) is 11.8. The Bertz CT molecular complexity index is 1090. The molecule has 0 unspecified atom stereocenters. The lowest BCUT2D eigenvalue weighted by Gasteiger charge is -2.09. The summed E-state index contributed by atoms with van der Waals surface area (Å²) in [4.78, 5) is 9.32. The number of ether oxygens (including phenoxy) is 2. The van der Waals surface area contributed by atoms with Gasteiger partial charge in [0.2, 0.25) is 6.79 Å². The van der Waals surface area contributed by atoms with Crippen LogP contribution in [-0.2, 0) is 7.05 Å². The first-order valence-corrected chi connectivity index (χ1v) is 7.93. The fourth-order valence-electron chi connectivity index (χ4n) is 3.05. The van der Waals surface area contributed by atoms with Crippen molar-refractivity contribution in [3.63, 3.8) is 0 Å². The van der Waals surface area contributed by atoms with Crippen LogP contribution in [0.15, 0.2) is 55.0 Å². The summed E-state index contributed by atoms with van der Waals surface area (Å²) in [6.45, 7) is 0.236. The van der Waals surface area contributed by atoms with Crippen LogP contribution in [-0.4, -0.2) is 26.5 Å². The first-order valence-electron chi connectivity index (χ1n) is 7.93. The smallest absolute Gasteiger partial charge is 0.231 e. The number of hydrogen-bond acceptors (Lipinski definition) is 5. The molecule has 0 saturated carbocycles. The average molecular weight is 330 g/mol. The van der Waals surface area contributed by atoms with Gasteiger partial charge in [-0.25, -0.2) is 4.98 Å². The van der Waals surface area contributed by atoms with E-state index in [1.54, 1.807) is 10.9 Å². The van der Waals surface area contributed by atoms with Crippen molar-refractivity contribution in [2.45, 2.75) is 0 Å². The molecule has 3 aromatic heterocycles. The van der Waals surface area contributed by atoms with Crippen molar-refractivity contribution >= 4 is 10.9 Å². The predicted molar refractivity (Wildman–Crippen MR) is 93.3 cm³/mol. The number of aryl methyl sites for hydroxylation is 1. The molecule has 4 aromatic rings. The summed E-state index contributed by atoms with van der Waals surface area (Å²) < 4.78 is 12.8. The molecule has 0 N–H and O–H groups in total. The summed E-state index contributed by atoms with van der Waals surface area (Å²) in [5, 5.41) is 5.23. The molecule has 1 aliphatic heterocycles. The van der Waals surface area contributed by atoms with Crippen LogP contribution in [0.3, 0.4) is 0 Å². The van der Waals surface area contributed by atoms with Gasteiger partial charge in [0.1, 0.15) is 0 Å². The second-order valence-electron chi connectivity index (χ2n) is 5.90. The topological polar surface area (TPSA) is 62.1 Å². The van der Waals surface area contributed by atoms with Gasteiger partial charge in [-0.2, -0.15) is 5.10 Å². The zero-order valence-electron chi connectivity index (χ0n) is 13.5. The third kappa shape index (κ3) is 2.30. The minimum Gasteiger partial charge on any atom is -0.454 e. The summed E-state index contributed by atoms with van der Waals surface area (Å²) in [5.74, 6) is 1.45. The molecule has 5 rings (SSSR count). The van der Waals surface area contributed by atoms with E-state index in [1.807, 2.05) is 55.8 Å². The largest absolute Gasteiger partial charge is 0.454 e. The number of aromatic nitrogens is 4. The lowest BCUT2D eigenvalue weighted by Crippen LogP contribution is -1.92. The molecule has 0 amide bonds. The maximum atomic E-state index is 5.53. The van der Waals surface area contributed by atoms with Crippen LogP contribution in [0.4, 0.5) is 0 Å². The van der Waals surface area contributed by atoms with Crippen LogP contribution >= 0.6 is 0 Å². The number of fused-ring (bicyclic) bond motifs is 2. The van der Waals surface area contributed by atoms with Gasteiger partial charge < -0.3 is 9.47 Å². The van der Waals surface area contributed by atoms with Gasteiger partial charge in [-0.15, -0.1) is 0 Å². The second-order valence-corrected chi connectivity index (χ2v) is 5.90. The Morgan fingerprint density at radius 3 is 2.68 bits per heavy atom. The summed E-state index contributed by atoms with van der Waals surface area (Å²) >= 11 is 0. The van der Waals surface area contributed by atoms with E-state index in [-0.39, 0.29) is 6.79 Å². The van der Waals surface area contributed by atoms with E-state index in [9.17, 15) is 0 Å². The molecule has 1 aliphatic rings. The summed E-state index contributed by atoms with van der Waals surface area (Å²) in [6.07, 6.45) is 5.55. The molecule has 0 atom stereocenters. The molecule has 0 aliphatic carbocycles. The molecule has 0 saturated heterocycles. The molecule has 4 heterocycles. The number of pyridine rings is 2. The molecule has 0 radical (unpaired) electrons. The Hall–Kier alpha value is -3.41. The van der Waals surface area contributed by atoms with Gasteiger partial charge in [-0.1, -0.05) is 6.07 Å². The number of rotatable bonds is 2. The zero-order valence-corrected chi connectivity index (χ0v) is 13.5. The number of nitrogens with zero attached hydrogens (tertiary/aromatic N) is 4. The molecule has 25 heavy (non-hydrogen) atoms. The van der Waals surface area contributed by atoms with Gasteiger partial charge in [-0.05, 0) is 24.3 Å². The van der Waals surface area contributed by atoms with Gasteiger partial charge in [-0.3, -0.25) is 9.67 Å². The fourth-order valence-corrected chi connectivity index (χ4v) is 3.05. The Morgan fingerprint density at radius 1 is 1.04 bits per heavy atom. The van der Waals surface area contributed by atoms with Gasteiger partial charge in [0.15, 0.2) is 11.5 Å².